The second kappa shape index (κ2) is 9.83. The van der Waals surface area contributed by atoms with E-state index in [9.17, 15) is 4.79 Å². The van der Waals surface area contributed by atoms with Gasteiger partial charge in [0.2, 0.25) is 5.91 Å². The van der Waals surface area contributed by atoms with Gasteiger partial charge in [0, 0.05) is 30.1 Å². The van der Waals surface area contributed by atoms with Crippen molar-refractivity contribution in [3.8, 4) is 11.8 Å². The number of benzene rings is 3. The lowest BCUT2D eigenvalue weighted by molar-refractivity contribution is -0.133. The monoisotopic (exact) mass is 428 g/mol. The Morgan fingerprint density at radius 2 is 1.68 bits per heavy atom. The van der Waals surface area contributed by atoms with Crippen LogP contribution in [0.5, 0.6) is 0 Å². The van der Waals surface area contributed by atoms with Gasteiger partial charge in [-0.1, -0.05) is 84.1 Å². The molecule has 1 atom stereocenters. The first kappa shape index (κ1) is 21.2. The molecule has 1 aliphatic heterocycles. The van der Waals surface area contributed by atoms with E-state index in [1.54, 1.807) is 0 Å². The molecule has 1 aliphatic rings. The van der Waals surface area contributed by atoms with Gasteiger partial charge in [-0.2, -0.15) is 0 Å². The van der Waals surface area contributed by atoms with Crippen molar-refractivity contribution in [1.82, 2.24) is 4.90 Å². The summed E-state index contributed by atoms with van der Waals surface area (Å²) in [5, 5.41) is 0.600. The highest BCUT2D eigenvalue weighted by molar-refractivity contribution is 6.31. The third-order valence-corrected chi connectivity index (χ3v) is 5.93. The number of hydrogen-bond donors (Lipinski definition) is 1. The summed E-state index contributed by atoms with van der Waals surface area (Å²) in [5.41, 5.74) is 11.7. The van der Waals surface area contributed by atoms with Gasteiger partial charge in [0.05, 0.1) is 6.04 Å². The van der Waals surface area contributed by atoms with E-state index < -0.39 is 6.04 Å². The molecule has 3 aromatic rings. The summed E-state index contributed by atoms with van der Waals surface area (Å²) in [6.07, 6.45) is 2.13. The van der Waals surface area contributed by atoms with Crippen LogP contribution in [0.1, 0.15) is 34.2 Å². The van der Waals surface area contributed by atoms with Crippen LogP contribution in [-0.4, -0.2) is 16.8 Å². The third kappa shape index (κ3) is 5.35. The zero-order chi connectivity index (χ0) is 21.6. The van der Waals surface area contributed by atoms with E-state index in [4.69, 9.17) is 17.3 Å². The fourth-order valence-corrected chi connectivity index (χ4v) is 4.11. The molecule has 3 nitrogen and oxygen atoms in total. The van der Waals surface area contributed by atoms with Crippen LogP contribution < -0.4 is 5.73 Å². The molecule has 1 heterocycles. The molecule has 0 aliphatic carbocycles. The molecule has 2 N–H and O–H groups in total. The molecule has 0 bridgehead atoms. The molecule has 0 aromatic heterocycles. The van der Waals surface area contributed by atoms with Crippen molar-refractivity contribution < 1.29 is 4.79 Å². The Morgan fingerprint density at radius 3 is 2.35 bits per heavy atom. The molecule has 1 amide bonds. The highest BCUT2D eigenvalue weighted by atomic mass is 35.5. The van der Waals surface area contributed by atoms with Crippen molar-refractivity contribution in [2.24, 2.45) is 5.73 Å². The number of fused-ring (bicyclic) bond motifs is 1. The molecular weight excluding hydrogens is 404 g/mol. The first-order valence-electron chi connectivity index (χ1n) is 10.5. The highest BCUT2D eigenvalue weighted by Crippen LogP contribution is 2.24. The molecule has 31 heavy (non-hydrogen) atoms. The predicted molar refractivity (Wildman–Crippen MR) is 125 cm³/mol. The quantitative estimate of drug-likeness (QED) is 0.597. The van der Waals surface area contributed by atoms with Gasteiger partial charge in [0.25, 0.3) is 0 Å². The van der Waals surface area contributed by atoms with Crippen molar-refractivity contribution in [2.75, 3.05) is 0 Å². The molecule has 0 saturated carbocycles. The van der Waals surface area contributed by atoms with E-state index in [1.807, 2.05) is 53.4 Å². The van der Waals surface area contributed by atoms with Gasteiger partial charge >= 0.3 is 0 Å². The van der Waals surface area contributed by atoms with Crippen molar-refractivity contribution in [1.29, 1.82) is 0 Å². The van der Waals surface area contributed by atoms with Gasteiger partial charge in [0.15, 0.2) is 0 Å². The zero-order valence-electron chi connectivity index (χ0n) is 17.4. The van der Waals surface area contributed by atoms with Crippen LogP contribution in [0.2, 0.25) is 5.02 Å². The topological polar surface area (TPSA) is 46.3 Å². The normalized spacial score (nSPS) is 13.3. The van der Waals surface area contributed by atoms with Crippen LogP contribution >= 0.6 is 11.6 Å². The maximum absolute atomic E-state index is 12.8. The Morgan fingerprint density at radius 1 is 1.00 bits per heavy atom. The van der Waals surface area contributed by atoms with Crippen LogP contribution in [0.25, 0.3) is 0 Å². The van der Waals surface area contributed by atoms with Crippen LogP contribution in [0, 0.1) is 11.8 Å². The summed E-state index contributed by atoms with van der Waals surface area (Å²) in [5.74, 6) is 6.34. The average molecular weight is 429 g/mol. The Kier molecular flexibility index (Phi) is 6.72. The molecule has 4 heteroatoms. The Balaban J connectivity index is 1.33. The fraction of sp³-hybridized carbons (Fsp3) is 0.222. The van der Waals surface area contributed by atoms with Crippen molar-refractivity contribution in [3.05, 3.63) is 106 Å². The Labute approximate surface area is 188 Å². The lowest BCUT2D eigenvalue weighted by atomic mass is 10.0. The molecule has 0 saturated heterocycles. The summed E-state index contributed by atoms with van der Waals surface area (Å²) < 4.78 is 0. The molecule has 0 fully saturated rings. The molecule has 3 aromatic carbocycles. The van der Waals surface area contributed by atoms with Gasteiger partial charge in [-0.05, 0) is 47.2 Å². The number of nitrogens with two attached hydrogens (primary N) is 1. The van der Waals surface area contributed by atoms with Gasteiger partial charge in [0.1, 0.15) is 0 Å². The van der Waals surface area contributed by atoms with E-state index in [-0.39, 0.29) is 5.91 Å². The minimum atomic E-state index is -0.616. The Bertz CT molecular complexity index is 1110. The van der Waals surface area contributed by atoms with Crippen LogP contribution in [0.15, 0.2) is 72.8 Å². The average Bonchev–Trinajstić information content (AvgIpc) is 3.23. The summed E-state index contributed by atoms with van der Waals surface area (Å²) in [6.45, 7) is 1.24. The maximum atomic E-state index is 12.8. The summed E-state index contributed by atoms with van der Waals surface area (Å²) >= 11 is 6.47. The lowest BCUT2D eigenvalue weighted by Crippen LogP contribution is -2.42. The number of halogens is 1. The largest absolute Gasteiger partial charge is 0.333 e. The number of aryl methyl sites for hydroxylation is 1. The van der Waals surface area contributed by atoms with E-state index in [1.165, 1.54) is 16.7 Å². The van der Waals surface area contributed by atoms with Gasteiger partial charge < -0.3 is 10.6 Å². The number of amides is 1. The summed E-state index contributed by atoms with van der Waals surface area (Å²) in [4.78, 5) is 14.6. The number of rotatable bonds is 5. The molecule has 156 valence electrons. The summed E-state index contributed by atoms with van der Waals surface area (Å²) in [6, 6.07) is 23.5. The third-order valence-electron chi connectivity index (χ3n) is 5.58. The smallest absolute Gasteiger partial charge is 0.240 e. The van der Waals surface area contributed by atoms with Crippen molar-refractivity contribution >= 4 is 17.5 Å². The van der Waals surface area contributed by atoms with Gasteiger partial charge in [-0.3, -0.25) is 4.79 Å². The SMILES string of the molecule is NC(Cc1ccc(C#CCCc2ccccc2)cc1Cl)C(=O)N1Cc2ccccc2C1. The minimum Gasteiger partial charge on any atom is -0.333 e. The highest BCUT2D eigenvalue weighted by Gasteiger charge is 2.27. The van der Waals surface area contributed by atoms with Gasteiger partial charge in [-0.25, -0.2) is 0 Å². The van der Waals surface area contributed by atoms with Crippen LogP contribution in [0.3, 0.4) is 0 Å². The number of nitrogens with zero attached hydrogens (tertiary/aromatic N) is 1. The fourth-order valence-electron chi connectivity index (χ4n) is 3.85. The van der Waals surface area contributed by atoms with E-state index in [0.717, 1.165) is 24.0 Å². The number of carbonyl (C=O) groups excluding carboxylic acids is 1. The van der Waals surface area contributed by atoms with Gasteiger partial charge in [-0.15, -0.1) is 0 Å². The van der Waals surface area contributed by atoms with E-state index >= 15 is 0 Å². The number of carbonyl (C=O) groups is 1. The van der Waals surface area contributed by atoms with Crippen molar-refractivity contribution in [2.45, 2.75) is 38.4 Å². The Hall–Kier alpha value is -3.06. The van der Waals surface area contributed by atoms with Crippen LogP contribution in [0.4, 0.5) is 0 Å². The van der Waals surface area contributed by atoms with E-state index in [2.05, 4.69) is 36.1 Å². The molecular formula is C27H25ClN2O. The standard InChI is InChI=1S/C27H25ClN2O/c28-25-16-21(11-5-4-10-20-8-2-1-3-9-20)14-15-22(25)17-26(29)27(31)30-18-23-12-6-7-13-24(23)19-30/h1-3,6-9,12-16,26H,4,10,17-19,29H2. The van der Waals surface area contributed by atoms with E-state index in [0.29, 0.717) is 24.5 Å². The first-order valence-corrected chi connectivity index (χ1v) is 10.9. The predicted octanol–water partition coefficient (Wildman–Crippen LogP) is 4.74. The molecule has 1 unspecified atom stereocenters. The van der Waals surface area contributed by atoms with Crippen molar-refractivity contribution in [3.63, 3.8) is 0 Å². The van der Waals surface area contributed by atoms with Crippen LogP contribution in [-0.2, 0) is 30.7 Å². The molecule has 0 spiro atoms. The first-order chi connectivity index (χ1) is 15.1. The minimum absolute atomic E-state index is 0.0444. The molecule has 4 rings (SSSR count). The number of hydrogen-bond acceptors (Lipinski definition) is 2. The summed E-state index contributed by atoms with van der Waals surface area (Å²) in [7, 11) is 0. The maximum Gasteiger partial charge on any atom is 0.240 e. The second-order valence-electron chi connectivity index (χ2n) is 7.87. The second-order valence-corrected chi connectivity index (χ2v) is 8.27. The lowest BCUT2D eigenvalue weighted by Gasteiger charge is -2.20. The zero-order valence-corrected chi connectivity index (χ0v) is 18.1. The molecule has 0 radical (unpaired) electrons.